The van der Waals surface area contributed by atoms with Crippen LogP contribution in [0.5, 0.6) is 0 Å². The monoisotopic (exact) mass is 179 g/mol. The number of hydrogen-bond acceptors (Lipinski definition) is 3. The van der Waals surface area contributed by atoms with Gasteiger partial charge in [0.25, 0.3) is 5.69 Å². The van der Waals surface area contributed by atoms with Crippen molar-refractivity contribution in [1.82, 2.24) is 0 Å². The van der Waals surface area contributed by atoms with E-state index in [0.29, 0.717) is 0 Å². The van der Waals surface area contributed by atoms with Crippen LogP contribution in [-0.4, -0.2) is 4.92 Å². The quantitative estimate of drug-likeness (QED) is 0.499. The third-order valence-corrected chi connectivity index (χ3v) is 2.55. The molecule has 1 heterocycles. The summed E-state index contributed by atoms with van der Waals surface area (Å²) in [5, 5.41) is 13.1. The van der Waals surface area contributed by atoms with E-state index in [9.17, 15) is 10.1 Å². The Morgan fingerprint density at radius 2 is 2.17 bits per heavy atom. The number of thiophene rings is 1. The maximum atomic E-state index is 10.5. The number of fused-ring (bicyclic) bond motifs is 1. The molecule has 0 saturated carbocycles. The maximum absolute atomic E-state index is 10.5. The van der Waals surface area contributed by atoms with Crippen molar-refractivity contribution in [2.24, 2.45) is 0 Å². The summed E-state index contributed by atoms with van der Waals surface area (Å²) in [6.07, 6.45) is 0. The summed E-state index contributed by atoms with van der Waals surface area (Å²) in [6, 6.07) is 6.89. The minimum Gasteiger partial charge on any atom is -0.258 e. The Morgan fingerprint density at radius 1 is 1.33 bits per heavy atom. The van der Waals surface area contributed by atoms with Gasteiger partial charge >= 0.3 is 0 Å². The van der Waals surface area contributed by atoms with Crippen molar-refractivity contribution in [1.29, 1.82) is 0 Å². The van der Waals surface area contributed by atoms with Gasteiger partial charge in [-0.05, 0) is 17.5 Å². The van der Waals surface area contributed by atoms with Crippen LogP contribution in [0.4, 0.5) is 5.69 Å². The fourth-order valence-electron chi connectivity index (χ4n) is 1.14. The first kappa shape index (κ1) is 7.24. The molecule has 0 radical (unpaired) electrons. The summed E-state index contributed by atoms with van der Waals surface area (Å²) < 4.78 is 0.962. The Balaban J connectivity index is 2.82. The molecule has 0 spiro atoms. The van der Waals surface area contributed by atoms with Gasteiger partial charge < -0.3 is 0 Å². The van der Waals surface area contributed by atoms with Gasteiger partial charge in [-0.2, -0.15) is 0 Å². The Labute approximate surface area is 72.4 Å². The summed E-state index contributed by atoms with van der Waals surface area (Å²) in [6.45, 7) is 0. The molecule has 0 unspecified atom stereocenters. The molecule has 0 amide bonds. The highest BCUT2D eigenvalue weighted by atomic mass is 32.1. The van der Waals surface area contributed by atoms with Gasteiger partial charge in [0.1, 0.15) is 0 Å². The topological polar surface area (TPSA) is 43.1 Å². The summed E-state index contributed by atoms with van der Waals surface area (Å²) in [7, 11) is 0. The van der Waals surface area contributed by atoms with E-state index in [1.165, 1.54) is 17.4 Å². The second kappa shape index (κ2) is 2.57. The highest BCUT2D eigenvalue weighted by molar-refractivity contribution is 7.17. The molecular formula is C8H5NO2S. The molecule has 0 bridgehead atoms. The first-order valence-electron chi connectivity index (χ1n) is 3.39. The second-order valence-corrected chi connectivity index (χ2v) is 3.31. The fourth-order valence-corrected chi connectivity index (χ4v) is 1.94. The van der Waals surface area contributed by atoms with E-state index in [4.69, 9.17) is 0 Å². The predicted molar refractivity (Wildman–Crippen MR) is 48.5 cm³/mol. The molecule has 4 heteroatoms. The molecule has 0 fully saturated rings. The van der Waals surface area contributed by atoms with Crippen LogP contribution in [-0.2, 0) is 0 Å². The van der Waals surface area contributed by atoms with Gasteiger partial charge in [0.2, 0.25) is 0 Å². The van der Waals surface area contributed by atoms with Gasteiger partial charge in [0, 0.05) is 10.8 Å². The first-order chi connectivity index (χ1) is 5.79. The van der Waals surface area contributed by atoms with Gasteiger partial charge in [-0.25, -0.2) is 0 Å². The van der Waals surface area contributed by atoms with Crippen molar-refractivity contribution in [2.75, 3.05) is 0 Å². The first-order valence-corrected chi connectivity index (χ1v) is 4.27. The largest absolute Gasteiger partial charge is 0.278 e. The van der Waals surface area contributed by atoms with E-state index in [2.05, 4.69) is 0 Å². The smallest absolute Gasteiger partial charge is 0.258 e. The zero-order chi connectivity index (χ0) is 8.55. The van der Waals surface area contributed by atoms with E-state index in [1.807, 2.05) is 11.4 Å². The van der Waals surface area contributed by atoms with Crippen molar-refractivity contribution < 1.29 is 4.92 Å². The van der Waals surface area contributed by atoms with Crippen LogP contribution in [0.25, 0.3) is 10.1 Å². The predicted octanol–water partition coefficient (Wildman–Crippen LogP) is 2.81. The van der Waals surface area contributed by atoms with E-state index in [1.54, 1.807) is 12.1 Å². The molecule has 2 rings (SSSR count). The lowest BCUT2D eigenvalue weighted by Gasteiger charge is -1.91. The molecule has 1 aromatic carbocycles. The average molecular weight is 179 g/mol. The van der Waals surface area contributed by atoms with Gasteiger partial charge in [-0.3, -0.25) is 10.1 Å². The van der Waals surface area contributed by atoms with Crippen LogP contribution >= 0.6 is 11.3 Å². The van der Waals surface area contributed by atoms with E-state index < -0.39 is 0 Å². The lowest BCUT2D eigenvalue weighted by molar-refractivity contribution is -0.383. The highest BCUT2D eigenvalue weighted by Crippen LogP contribution is 2.28. The normalized spacial score (nSPS) is 10.3. The molecule has 60 valence electrons. The highest BCUT2D eigenvalue weighted by Gasteiger charge is 2.10. The summed E-state index contributed by atoms with van der Waals surface area (Å²) in [5.41, 5.74) is 0.189. The number of nitro benzene ring substituents is 1. The zero-order valence-electron chi connectivity index (χ0n) is 6.06. The van der Waals surface area contributed by atoms with Crippen LogP contribution in [0.1, 0.15) is 0 Å². The molecule has 0 atom stereocenters. The van der Waals surface area contributed by atoms with Crippen LogP contribution in [0.15, 0.2) is 29.6 Å². The van der Waals surface area contributed by atoms with Crippen LogP contribution in [0.3, 0.4) is 0 Å². The Bertz CT molecular complexity index is 435. The molecular weight excluding hydrogens is 174 g/mol. The number of nitrogens with zero attached hydrogens (tertiary/aromatic N) is 1. The average Bonchev–Trinajstić information content (AvgIpc) is 2.49. The van der Waals surface area contributed by atoms with Gasteiger partial charge in [-0.15, -0.1) is 11.3 Å². The van der Waals surface area contributed by atoms with E-state index in [-0.39, 0.29) is 10.6 Å². The minimum atomic E-state index is -0.352. The standard InChI is InChI=1S/C8H5NO2S/c10-9(11)7-2-1-3-8-6(7)4-5-12-8/h1-5H. The number of benzene rings is 1. The summed E-state index contributed by atoms with van der Waals surface area (Å²) >= 11 is 1.51. The molecule has 0 aliphatic heterocycles. The van der Waals surface area contributed by atoms with Crippen molar-refractivity contribution >= 4 is 27.1 Å². The van der Waals surface area contributed by atoms with Crippen molar-refractivity contribution in [3.63, 3.8) is 0 Å². The molecule has 0 aliphatic carbocycles. The minimum absolute atomic E-state index is 0.189. The molecule has 0 aliphatic rings. The van der Waals surface area contributed by atoms with Crippen molar-refractivity contribution in [3.8, 4) is 0 Å². The molecule has 12 heavy (non-hydrogen) atoms. The Hall–Kier alpha value is -1.42. The zero-order valence-corrected chi connectivity index (χ0v) is 6.88. The summed E-state index contributed by atoms with van der Waals surface area (Å²) in [5.74, 6) is 0. The van der Waals surface area contributed by atoms with Gasteiger partial charge in [-0.1, -0.05) is 6.07 Å². The maximum Gasteiger partial charge on any atom is 0.278 e. The van der Waals surface area contributed by atoms with Crippen LogP contribution < -0.4 is 0 Å². The lowest BCUT2D eigenvalue weighted by atomic mass is 10.2. The number of nitro groups is 1. The van der Waals surface area contributed by atoms with Crippen LogP contribution in [0.2, 0.25) is 0 Å². The molecule has 2 aromatic rings. The Kier molecular flexibility index (Phi) is 1.55. The van der Waals surface area contributed by atoms with Gasteiger partial charge in [0.05, 0.1) is 10.3 Å². The third kappa shape index (κ3) is 0.967. The number of non-ortho nitro benzene ring substituents is 1. The SMILES string of the molecule is O=[N+]([O-])c1cccc2sccc12. The van der Waals surface area contributed by atoms with E-state index >= 15 is 0 Å². The lowest BCUT2D eigenvalue weighted by Crippen LogP contribution is -1.86. The summed E-state index contributed by atoms with van der Waals surface area (Å²) in [4.78, 5) is 10.2. The molecule has 0 N–H and O–H groups in total. The molecule has 3 nitrogen and oxygen atoms in total. The van der Waals surface area contributed by atoms with Gasteiger partial charge in [0.15, 0.2) is 0 Å². The van der Waals surface area contributed by atoms with Crippen LogP contribution in [0, 0.1) is 10.1 Å². The van der Waals surface area contributed by atoms with Crippen molar-refractivity contribution in [2.45, 2.75) is 0 Å². The second-order valence-electron chi connectivity index (χ2n) is 2.37. The molecule has 0 saturated heterocycles. The Morgan fingerprint density at radius 3 is 2.92 bits per heavy atom. The molecule has 1 aromatic heterocycles. The van der Waals surface area contributed by atoms with E-state index in [0.717, 1.165) is 10.1 Å². The number of hydrogen-bond donors (Lipinski definition) is 0. The fraction of sp³-hybridized carbons (Fsp3) is 0. The van der Waals surface area contributed by atoms with Crippen molar-refractivity contribution in [3.05, 3.63) is 39.8 Å². The third-order valence-electron chi connectivity index (χ3n) is 1.67. The number of rotatable bonds is 1.